The van der Waals surface area contributed by atoms with Crippen LogP contribution in [0.2, 0.25) is 0 Å². The second-order valence-electron chi connectivity index (χ2n) is 5.34. The van der Waals surface area contributed by atoms with Gasteiger partial charge in [0.1, 0.15) is 0 Å². The lowest BCUT2D eigenvalue weighted by atomic mass is 10.1. The van der Waals surface area contributed by atoms with Crippen LogP contribution in [0.5, 0.6) is 0 Å². The van der Waals surface area contributed by atoms with Crippen LogP contribution >= 0.6 is 0 Å². The van der Waals surface area contributed by atoms with E-state index in [2.05, 4.69) is 52.5 Å². The third kappa shape index (κ3) is 3.26. The first-order valence-corrected chi connectivity index (χ1v) is 7.23. The van der Waals surface area contributed by atoms with Crippen molar-refractivity contribution < 1.29 is 0 Å². The molecule has 0 saturated heterocycles. The Morgan fingerprint density at radius 2 is 2.00 bits per heavy atom. The van der Waals surface area contributed by atoms with Gasteiger partial charge in [0.05, 0.1) is 11.2 Å². The molecule has 0 bridgehead atoms. The van der Waals surface area contributed by atoms with Crippen molar-refractivity contribution in [1.29, 1.82) is 0 Å². The van der Waals surface area contributed by atoms with Crippen LogP contribution in [-0.4, -0.2) is 9.97 Å². The zero-order valence-corrected chi connectivity index (χ0v) is 12.4. The normalized spacial score (nSPS) is 12.5. The molecule has 1 aromatic carbocycles. The molecule has 106 valence electrons. The molecule has 1 N–H and O–H groups in total. The number of benzene rings is 1. The number of pyridine rings is 2. The van der Waals surface area contributed by atoms with Crippen LogP contribution in [0.3, 0.4) is 0 Å². The lowest BCUT2D eigenvalue weighted by Crippen LogP contribution is -2.18. The van der Waals surface area contributed by atoms with Crippen LogP contribution in [-0.2, 0) is 6.54 Å². The third-order valence-corrected chi connectivity index (χ3v) is 3.64. The van der Waals surface area contributed by atoms with Crippen molar-refractivity contribution in [3.63, 3.8) is 0 Å². The van der Waals surface area contributed by atoms with Gasteiger partial charge >= 0.3 is 0 Å². The number of hydrogen-bond donors (Lipinski definition) is 1. The molecule has 0 aliphatic heterocycles. The summed E-state index contributed by atoms with van der Waals surface area (Å²) in [6, 6.07) is 16.8. The summed E-state index contributed by atoms with van der Waals surface area (Å²) in [6.45, 7) is 4.97. The fraction of sp³-hybridized carbons (Fsp3) is 0.222. The van der Waals surface area contributed by atoms with Crippen LogP contribution in [0.1, 0.15) is 29.9 Å². The quantitative estimate of drug-likeness (QED) is 0.788. The SMILES string of the molecule is Cc1ccc2cc(CNC(C)c3ccccn3)ccc2n1. The highest BCUT2D eigenvalue weighted by molar-refractivity contribution is 5.79. The summed E-state index contributed by atoms with van der Waals surface area (Å²) in [6.07, 6.45) is 1.83. The molecule has 0 aliphatic rings. The lowest BCUT2D eigenvalue weighted by Gasteiger charge is -2.13. The molecule has 3 aromatic rings. The molecule has 0 radical (unpaired) electrons. The van der Waals surface area contributed by atoms with Gasteiger partial charge in [-0.15, -0.1) is 0 Å². The third-order valence-electron chi connectivity index (χ3n) is 3.64. The predicted molar refractivity (Wildman–Crippen MR) is 86.0 cm³/mol. The maximum atomic E-state index is 4.53. The molecule has 3 heteroatoms. The summed E-state index contributed by atoms with van der Waals surface area (Å²) in [4.78, 5) is 8.91. The molecule has 3 rings (SSSR count). The van der Waals surface area contributed by atoms with Gasteiger partial charge in [-0.25, -0.2) is 0 Å². The first-order valence-electron chi connectivity index (χ1n) is 7.23. The minimum atomic E-state index is 0.234. The van der Waals surface area contributed by atoms with E-state index in [-0.39, 0.29) is 6.04 Å². The summed E-state index contributed by atoms with van der Waals surface area (Å²) >= 11 is 0. The average molecular weight is 277 g/mol. The van der Waals surface area contributed by atoms with Gasteiger partial charge in [-0.05, 0) is 49.7 Å². The van der Waals surface area contributed by atoms with E-state index in [0.29, 0.717) is 0 Å². The van der Waals surface area contributed by atoms with Gasteiger partial charge in [0, 0.05) is 29.9 Å². The van der Waals surface area contributed by atoms with Crippen molar-refractivity contribution in [2.45, 2.75) is 26.4 Å². The Labute approximate surface area is 125 Å². The van der Waals surface area contributed by atoms with E-state index >= 15 is 0 Å². The lowest BCUT2D eigenvalue weighted by molar-refractivity contribution is 0.562. The summed E-state index contributed by atoms with van der Waals surface area (Å²) in [5.41, 5.74) is 4.43. The fourth-order valence-corrected chi connectivity index (χ4v) is 2.39. The molecule has 3 nitrogen and oxygen atoms in total. The van der Waals surface area contributed by atoms with Crippen molar-refractivity contribution in [1.82, 2.24) is 15.3 Å². The molecule has 0 saturated carbocycles. The molecule has 0 aliphatic carbocycles. The number of rotatable bonds is 4. The van der Waals surface area contributed by atoms with E-state index in [0.717, 1.165) is 23.4 Å². The predicted octanol–water partition coefficient (Wildman–Crippen LogP) is 3.79. The minimum Gasteiger partial charge on any atom is -0.305 e. The highest BCUT2D eigenvalue weighted by atomic mass is 14.9. The van der Waals surface area contributed by atoms with Crippen LogP contribution < -0.4 is 5.32 Å². The van der Waals surface area contributed by atoms with E-state index in [4.69, 9.17) is 0 Å². The second-order valence-corrected chi connectivity index (χ2v) is 5.34. The van der Waals surface area contributed by atoms with Crippen molar-refractivity contribution >= 4 is 10.9 Å². The van der Waals surface area contributed by atoms with Gasteiger partial charge in [-0.2, -0.15) is 0 Å². The number of nitrogens with zero attached hydrogens (tertiary/aromatic N) is 2. The topological polar surface area (TPSA) is 37.8 Å². The van der Waals surface area contributed by atoms with Crippen LogP contribution in [0.15, 0.2) is 54.7 Å². The Morgan fingerprint density at radius 3 is 2.81 bits per heavy atom. The van der Waals surface area contributed by atoms with E-state index in [1.165, 1.54) is 10.9 Å². The van der Waals surface area contributed by atoms with Crippen LogP contribution in [0, 0.1) is 6.92 Å². The van der Waals surface area contributed by atoms with Gasteiger partial charge < -0.3 is 5.32 Å². The van der Waals surface area contributed by atoms with Crippen LogP contribution in [0.25, 0.3) is 10.9 Å². The van der Waals surface area contributed by atoms with Crippen molar-refractivity contribution in [3.05, 3.63) is 71.7 Å². The van der Waals surface area contributed by atoms with Gasteiger partial charge in [-0.1, -0.05) is 18.2 Å². The van der Waals surface area contributed by atoms with E-state index < -0.39 is 0 Å². The molecule has 1 unspecified atom stereocenters. The van der Waals surface area contributed by atoms with Gasteiger partial charge in [0.15, 0.2) is 0 Å². The maximum Gasteiger partial charge on any atom is 0.0705 e. The van der Waals surface area contributed by atoms with Gasteiger partial charge in [-0.3, -0.25) is 9.97 Å². The Morgan fingerprint density at radius 1 is 1.10 bits per heavy atom. The largest absolute Gasteiger partial charge is 0.305 e. The highest BCUT2D eigenvalue weighted by Gasteiger charge is 2.05. The van der Waals surface area contributed by atoms with Crippen molar-refractivity contribution in [2.24, 2.45) is 0 Å². The first kappa shape index (κ1) is 13.7. The molecule has 2 aromatic heterocycles. The monoisotopic (exact) mass is 277 g/mol. The molecule has 21 heavy (non-hydrogen) atoms. The molecule has 2 heterocycles. The van der Waals surface area contributed by atoms with Gasteiger partial charge in [0.2, 0.25) is 0 Å². The maximum absolute atomic E-state index is 4.53. The standard InChI is InChI=1S/C18H19N3/c1-13-6-8-16-11-15(7-9-18(16)21-13)12-20-14(2)17-5-3-4-10-19-17/h3-11,14,20H,12H2,1-2H3. The number of aromatic nitrogens is 2. The summed E-state index contributed by atoms with van der Waals surface area (Å²) in [5.74, 6) is 0. The van der Waals surface area contributed by atoms with Crippen molar-refractivity contribution in [3.8, 4) is 0 Å². The molecule has 0 spiro atoms. The van der Waals surface area contributed by atoms with E-state index in [1.807, 2.05) is 31.3 Å². The number of nitrogens with one attached hydrogen (secondary N) is 1. The summed E-state index contributed by atoms with van der Waals surface area (Å²) < 4.78 is 0. The Hall–Kier alpha value is -2.26. The summed E-state index contributed by atoms with van der Waals surface area (Å²) in [7, 11) is 0. The number of aryl methyl sites for hydroxylation is 1. The molecule has 1 atom stereocenters. The molecule has 0 fully saturated rings. The number of fused-ring (bicyclic) bond motifs is 1. The van der Waals surface area contributed by atoms with Crippen LogP contribution in [0.4, 0.5) is 0 Å². The average Bonchev–Trinajstić information content (AvgIpc) is 2.53. The van der Waals surface area contributed by atoms with E-state index in [9.17, 15) is 0 Å². The Kier molecular flexibility index (Phi) is 3.93. The van der Waals surface area contributed by atoms with E-state index in [1.54, 1.807) is 0 Å². The minimum absolute atomic E-state index is 0.234. The molecule has 0 amide bonds. The first-order chi connectivity index (χ1) is 10.2. The smallest absolute Gasteiger partial charge is 0.0705 e. The Bertz CT molecular complexity index is 738. The zero-order chi connectivity index (χ0) is 14.7. The Balaban J connectivity index is 1.72. The molecular weight excluding hydrogens is 258 g/mol. The molecular formula is C18H19N3. The highest BCUT2D eigenvalue weighted by Crippen LogP contribution is 2.16. The van der Waals surface area contributed by atoms with Crippen molar-refractivity contribution in [2.75, 3.05) is 0 Å². The second kappa shape index (κ2) is 6.02. The zero-order valence-electron chi connectivity index (χ0n) is 12.4. The number of hydrogen-bond acceptors (Lipinski definition) is 3. The summed E-state index contributed by atoms with van der Waals surface area (Å²) in [5, 5.41) is 4.69. The van der Waals surface area contributed by atoms with Gasteiger partial charge in [0.25, 0.3) is 0 Å². The fourth-order valence-electron chi connectivity index (χ4n) is 2.39.